The standard InChI is InChI=1S/C26H36N6O6S2/c1-18(17-33)38-30-23(19-7-9-20(10-8-19)40(35,36)16-6-15-37-5)24(34)29-26-27-21-11-12-22(28-25(21)39-26)32(4)14-13-31(2)3/h7-12,18,33H,6,13-17H2,1-5H3,(H,27,29,34)/t18-/m1/s1. The van der Waals surface area contributed by atoms with E-state index < -0.39 is 21.8 Å². The molecule has 1 aromatic carbocycles. The molecule has 14 heteroatoms. The molecule has 2 N–H and O–H groups in total. The first-order valence-corrected chi connectivity index (χ1v) is 15.1. The zero-order valence-corrected chi connectivity index (χ0v) is 25.0. The Morgan fingerprint density at radius 1 is 1.12 bits per heavy atom. The Labute approximate surface area is 238 Å². The summed E-state index contributed by atoms with van der Waals surface area (Å²) in [4.78, 5) is 32.6. The molecule has 2 aromatic heterocycles. The van der Waals surface area contributed by atoms with Crippen LogP contribution in [0.4, 0.5) is 10.9 Å². The first-order valence-electron chi connectivity index (χ1n) is 12.7. The van der Waals surface area contributed by atoms with Crippen LogP contribution in [0.1, 0.15) is 18.9 Å². The highest BCUT2D eigenvalue weighted by Gasteiger charge is 2.21. The Morgan fingerprint density at radius 2 is 1.85 bits per heavy atom. The molecule has 12 nitrogen and oxygen atoms in total. The van der Waals surface area contributed by atoms with Crippen LogP contribution in [0.25, 0.3) is 10.3 Å². The van der Waals surface area contributed by atoms with Crippen LogP contribution in [0.15, 0.2) is 46.4 Å². The highest BCUT2D eigenvalue weighted by atomic mass is 32.2. The zero-order valence-electron chi connectivity index (χ0n) is 23.3. The van der Waals surface area contributed by atoms with Crippen LogP contribution in [-0.2, 0) is 24.2 Å². The van der Waals surface area contributed by atoms with Crippen molar-refractivity contribution in [2.75, 3.05) is 70.5 Å². The molecule has 0 saturated heterocycles. The first kappa shape index (κ1) is 31.4. The van der Waals surface area contributed by atoms with E-state index in [-0.39, 0.29) is 23.0 Å². The molecule has 0 saturated carbocycles. The molecule has 0 aliphatic rings. The molecule has 218 valence electrons. The summed E-state index contributed by atoms with van der Waals surface area (Å²) >= 11 is 1.22. The summed E-state index contributed by atoms with van der Waals surface area (Å²) in [6, 6.07) is 9.56. The van der Waals surface area contributed by atoms with Crippen LogP contribution >= 0.6 is 11.3 Å². The van der Waals surface area contributed by atoms with Crippen LogP contribution in [0.3, 0.4) is 0 Å². The molecule has 0 aliphatic heterocycles. The van der Waals surface area contributed by atoms with Crippen molar-refractivity contribution in [1.29, 1.82) is 0 Å². The van der Waals surface area contributed by atoms with E-state index in [1.165, 1.54) is 42.7 Å². The zero-order chi connectivity index (χ0) is 29.3. The molecule has 3 aromatic rings. The number of nitrogens with zero attached hydrogens (tertiary/aromatic N) is 5. The minimum Gasteiger partial charge on any atom is -0.392 e. The van der Waals surface area contributed by atoms with Gasteiger partial charge in [0.1, 0.15) is 22.3 Å². The van der Waals surface area contributed by atoms with Crippen LogP contribution < -0.4 is 10.2 Å². The molecule has 3 rings (SSSR count). The number of anilines is 2. The topological polar surface area (TPSA) is 147 Å². The Bertz CT molecular complexity index is 1410. The third-order valence-corrected chi connectivity index (χ3v) is 8.48. The predicted molar refractivity (Wildman–Crippen MR) is 157 cm³/mol. The number of fused-ring (bicyclic) bond motifs is 1. The van der Waals surface area contributed by atoms with E-state index in [1.807, 2.05) is 38.2 Å². The largest absolute Gasteiger partial charge is 0.392 e. The van der Waals surface area contributed by atoms with Gasteiger partial charge in [-0.2, -0.15) is 0 Å². The molecular weight excluding hydrogens is 556 g/mol. The minimum absolute atomic E-state index is 0.0580. The van der Waals surface area contributed by atoms with Crippen molar-refractivity contribution in [1.82, 2.24) is 14.9 Å². The van der Waals surface area contributed by atoms with Crippen LogP contribution in [0, 0.1) is 0 Å². The fraction of sp³-hybridized carbons (Fsp3) is 0.462. The van der Waals surface area contributed by atoms with Gasteiger partial charge in [-0.15, -0.1) is 0 Å². The second-order valence-corrected chi connectivity index (χ2v) is 12.5. The van der Waals surface area contributed by atoms with Gasteiger partial charge in [-0.25, -0.2) is 18.4 Å². The summed E-state index contributed by atoms with van der Waals surface area (Å²) < 4.78 is 30.1. The SMILES string of the molecule is COCCCS(=O)(=O)c1ccc(C(=NO[C@H](C)CO)C(=O)Nc2nc3ccc(N(C)CCN(C)C)nc3s2)cc1. The highest BCUT2D eigenvalue weighted by molar-refractivity contribution is 7.91. The number of aliphatic hydroxyl groups is 1. The molecule has 0 radical (unpaired) electrons. The normalized spacial score (nSPS) is 13.0. The molecule has 0 unspecified atom stereocenters. The third kappa shape index (κ3) is 8.66. The number of ether oxygens (including phenoxy) is 1. The van der Waals surface area contributed by atoms with Crippen molar-refractivity contribution in [3.05, 3.63) is 42.0 Å². The summed E-state index contributed by atoms with van der Waals surface area (Å²) in [5, 5.41) is 16.3. The second-order valence-electron chi connectivity index (χ2n) is 9.42. The van der Waals surface area contributed by atoms with Gasteiger partial charge in [-0.1, -0.05) is 28.6 Å². The van der Waals surface area contributed by atoms with Crippen molar-refractivity contribution >= 4 is 54.1 Å². The van der Waals surface area contributed by atoms with Gasteiger partial charge in [0.05, 0.1) is 17.3 Å². The van der Waals surface area contributed by atoms with Gasteiger partial charge in [-0.05, 0) is 51.7 Å². The number of likely N-dealkylation sites (N-methyl/N-ethyl adjacent to an activating group) is 2. The van der Waals surface area contributed by atoms with Crippen molar-refractivity contribution in [2.45, 2.75) is 24.3 Å². The monoisotopic (exact) mass is 592 g/mol. The molecule has 0 aliphatic carbocycles. The van der Waals surface area contributed by atoms with Gasteiger partial charge in [-0.3, -0.25) is 10.1 Å². The maximum Gasteiger partial charge on any atom is 0.280 e. The van der Waals surface area contributed by atoms with Crippen molar-refractivity contribution < 1.29 is 27.9 Å². The number of amides is 1. The number of rotatable bonds is 15. The fourth-order valence-corrected chi connectivity index (χ4v) is 5.54. The second kappa shape index (κ2) is 14.5. The number of hydrogen-bond donors (Lipinski definition) is 2. The summed E-state index contributed by atoms with van der Waals surface area (Å²) in [6.07, 6.45) is -0.286. The number of sulfone groups is 1. The summed E-state index contributed by atoms with van der Waals surface area (Å²) in [5.41, 5.74) is 0.874. The lowest BCUT2D eigenvalue weighted by atomic mass is 10.1. The third-order valence-electron chi connectivity index (χ3n) is 5.78. The van der Waals surface area contributed by atoms with Crippen LogP contribution in [0.2, 0.25) is 0 Å². The van der Waals surface area contributed by atoms with E-state index in [4.69, 9.17) is 9.57 Å². The Kier molecular flexibility index (Phi) is 11.3. The number of carbonyl (C=O) groups excluding carboxylic acids is 1. The molecular formula is C26H36N6O6S2. The molecule has 2 heterocycles. The average Bonchev–Trinajstić information content (AvgIpc) is 3.33. The Balaban J connectivity index is 1.82. The highest BCUT2D eigenvalue weighted by Crippen LogP contribution is 2.27. The van der Waals surface area contributed by atoms with E-state index in [1.54, 1.807) is 6.92 Å². The lowest BCUT2D eigenvalue weighted by Crippen LogP contribution is -2.28. The molecule has 1 atom stereocenters. The Morgan fingerprint density at radius 3 is 2.50 bits per heavy atom. The Hall–Kier alpha value is -3.17. The van der Waals surface area contributed by atoms with E-state index in [9.17, 15) is 18.3 Å². The minimum atomic E-state index is -3.51. The average molecular weight is 593 g/mol. The summed E-state index contributed by atoms with van der Waals surface area (Å²) in [7, 11) is 3.99. The molecule has 0 fully saturated rings. The number of hydrogen-bond acceptors (Lipinski definition) is 12. The number of thiazole rings is 1. The molecule has 40 heavy (non-hydrogen) atoms. The number of aromatic nitrogens is 2. The number of pyridine rings is 1. The molecule has 1 amide bonds. The van der Waals surface area contributed by atoms with E-state index >= 15 is 0 Å². The van der Waals surface area contributed by atoms with Crippen molar-refractivity contribution in [3.8, 4) is 0 Å². The maximum absolute atomic E-state index is 13.3. The molecule has 0 bridgehead atoms. The predicted octanol–water partition coefficient (Wildman–Crippen LogP) is 2.24. The van der Waals surface area contributed by atoms with E-state index in [0.717, 1.165) is 18.9 Å². The fourth-order valence-electron chi connectivity index (χ4n) is 3.43. The van der Waals surface area contributed by atoms with Crippen molar-refractivity contribution in [3.63, 3.8) is 0 Å². The maximum atomic E-state index is 13.3. The van der Waals surface area contributed by atoms with Gasteiger partial charge < -0.3 is 24.5 Å². The summed E-state index contributed by atoms with van der Waals surface area (Å²) in [5.74, 6) is 0.127. The smallest absolute Gasteiger partial charge is 0.280 e. The van der Waals surface area contributed by atoms with Gasteiger partial charge in [0, 0.05) is 39.4 Å². The summed E-state index contributed by atoms with van der Waals surface area (Å²) in [6.45, 7) is 3.31. The lowest BCUT2D eigenvalue weighted by molar-refractivity contribution is -0.110. The van der Waals surface area contributed by atoms with Gasteiger partial charge in [0.2, 0.25) is 0 Å². The number of oxime groups is 1. The van der Waals surface area contributed by atoms with E-state index in [2.05, 4.69) is 25.3 Å². The van der Waals surface area contributed by atoms with Crippen LogP contribution in [0.5, 0.6) is 0 Å². The van der Waals surface area contributed by atoms with Gasteiger partial charge in [0.15, 0.2) is 20.7 Å². The number of methoxy groups -OCH3 is 1. The van der Waals surface area contributed by atoms with E-state index in [0.29, 0.717) is 34.1 Å². The molecule has 0 spiro atoms. The number of benzene rings is 1. The lowest BCUT2D eigenvalue weighted by Gasteiger charge is -2.20. The number of carbonyl (C=O) groups is 1. The van der Waals surface area contributed by atoms with Gasteiger partial charge >= 0.3 is 0 Å². The number of nitrogens with one attached hydrogen (secondary N) is 1. The number of aliphatic hydroxyl groups excluding tert-OH is 1. The van der Waals surface area contributed by atoms with Crippen LogP contribution in [-0.4, -0.2) is 106 Å². The quantitative estimate of drug-likeness (QED) is 0.153. The first-order chi connectivity index (χ1) is 19.0. The van der Waals surface area contributed by atoms with Crippen molar-refractivity contribution in [2.24, 2.45) is 5.16 Å². The van der Waals surface area contributed by atoms with Gasteiger partial charge in [0.25, 0.3) is 5.91 Å².